The second kappa shape index (κ2) is 11.9. The zero-order chi connectivity index (χ0) is 20.3. The summed E-state index contributed by atoms with van der Waals surface area (Å²) in [5, 5.41) is 13.8. The van der Waals surface area contributed by atoms with Crippen molar-refractivity contribution in [3.05, 3.63) is 65.7 Å². The molecule has 1 atom stereocenters. The number of benzene rings is 2. The fourth-order valence-electron chi connectivity index (χ4n) is 3.69. The van der Waals surface area contributed by atoms with Crippen LogP contribution in [-0.2, 0) is 13.0 Å². The monoisotopic (exact) mass is 397 g/mol. The second-order valence-electron chi connectivity index (χ2n) is 7.76. The van der Waals surface area contributed by atoms with Crippen molar-refractivity contribution in [1.29, 1.82) is 0 Å². The minimum atomic E-state index is -0.462. The maximum atomic E-state index is 10.3. The number of ether oxygens (including phenoxy) is 1. The van der Waals surface area contributed by atoms with E-state index >= 15 is 0 Å². The minimum Gasteiger partial charge on any atom is -0.491 e. The van der Waals surface area contributed by atoms with Gasteiger partial charge in [-0.05, 0) is 42.8 Å². The van der Waals surface area contributed by atoms with E-state index in [2.05, 4.69) is 58.4 Å². The van der Waals surface area contributed by atoms with E-state index in [1.807, 2.05) is 18.2 Å². The number of likely N-dealkylation sites (N-methyl/N-ethyl adjacent to an activating group) is 1. The van der Waals surface area contributed by atoms with Gasteiger partial charge in [0.15, 0.2) is 0 Å². The van der Waals surface area contributed by atoms with Crippen LogP contribution < -0.4 is 10.1 Å². The first-order valence-electron chi connectivity index (χ1n) is 10.8. The number of piperazine rings is 1. The molecule has 0 aromatic heterocycles. The number of hydrogen-bond acceptors (Lipinski definition) is 5. The van der Waals surface area contributed by atoms with Gasteiger partial charge in [-0.3, -0.25) is 4.90 Å². The zero-order valence-corrected chi connectivity index (χ0v) is 17.6. The number of aliphatic hydroxyl groups is 1. The highest BCUT2D eigenvalue weighted by Crippen LogP contribution is 2.14. The lowest BCUT2D eigenvalue weighted by atomic mass is 10.1. The van der Waals surface area contributed by atoms with Crippen LogP contribution in [0.25, 0.3) is 0 Å². The van der Waals surface area contributed by atoms with Crippen LogP contribution in [0, 0.1) is 0 Å². The van der Waals surface area contributed by atoms with Crippen molar-refractivity contribution in [3.63, 3.8) is 0 Å². The summed E-state index contributed by atoms with van der Waals surface area (Å²) in [5.74, 6) is 0.821. The predicted molar refractivity (Wildman–Crippen MR) is 118 cm³/mol. The van der Waals surface area contributed by atoms with Crippen LogP contribution in [0.2, 0.25) is 0 Å². The van der Waals surface area contributed by atoms with E-state index in [1.54, 1.807) is 0 Å². The molecule has 1 fully saturated rings. The average Bonchev–Trinajstić information content (AvgIpc) is 2.77. The molecule has 158 valence electrons. The summed E-state index contributed by atoms with van der Waals surface area (Å²) in [7, 11) is 0. The van der Waals surface area contributed by atoms with Crippen molar-refractivity contribution >= 4 is 0 Å². The lowest BCUT2D eigenvalue weighted by molar-refractivity contribution is 0.0471. The van der Waals surface area contributed by atoms with Gasteiger partial charge >= 0.3 is 0 Å². The Kier molecular flexibility index (Phi) is 8.96. The standard InChI is InChI=1S/C24H35N3O2/c1-2-26-13-15-27(16-14-26)19-23(28)20-29-24-10-6-9-22(17-24)18-25-12-11-21-7-4-3-5-8-21/h3-10,17,23,25,28H,2,11-16,18-20H2,1H3/t23-/m1/s1. The van der Waals surface area contributed by atoms with Crippen molar-refractivity contribution in [2.24, 2.45) is 0 Å². The van der Waals surface area contributed by atoms with Crippen LogP contribution in [0.5, 0.6) is 5.75 Å². The fourth-order valence-corrected chi connectivity index (χ4v) is 3.69. The maximum absolute atomic E-state index is 10.3. The Labute approximate surface area is 175 Å². The topological polar surface area (TPSA) is 48.0 Å². The molecule has 0 unspecified atom stereocenters. The molecule has 1 heterocycles. The Hall–Kier alpha value is -1.92. The molecule has 0 aliphatic carbocycles. The van der Waals surface area contributed by atoms with E-state index in [0.29, 0.717) is 13.2 Å². The molecule has 2 aromatic rings. The summed E-state index contributed by atoms with van der Waals surface area (Å²) in [6, 6.07) is 18.7. The van der Waals surface area contributed by atoms with Gasteiger partial charge in [0.2, 0.25) is 0 Å². The summed E-state index contributed by atoms with van der Waals surface area (Å²) in [4.78, 5) is 4.77. The number of nitrogens with one attached hydrogen (secondary N) is 1. The van der Waals surface area contributed by atoms with E-state index in [1.165, 1.54) is 11.1 Å². The van der Waals surface area contributed by atoms with Crippen molar-refractivity contribution in [3.8, 4) is 5.75 Å². The number of β-amino-alcohol motifs (C(OH)–C–C–N with tert-alkyl or cyclic N) is 1. The maximum Gasteiger partial charge on any atom is 0.119 e. The van der Waals surface area contributed by atoms with Gasteiger partial charge in [0.25, 0.3) is 0 Å². The van der Waals surface area contributed by atoms with Crippen molar-refractivity contribution < 1.29 is 9.84 Å². The number of hydrogen-bond donors (Lipinski definition) is 2. The van der Waals surface area contributed by atoms with Gasteiger partial charge in [-0.1, -0.05) is 49.4 Å². The van der Waals surface area contributed by atoms with Crippen LogP contribution in [0.3, 0.4) is 0 Å². The summed E-state index contributed by atoms with van der Waals surface area (Å²) < 4.78 is 5.85. The quantitative estimate of drug-likeness (QED) is 0.570. The van der Waals surface area contributed by atoms with Crippen molar-refractivity contribution in [1.82, 2.24) is 15.1 Å². The molecule has 1 aliphatic heterocycles. The van der Waals surface area contributed by atoms with Crippen LogP contribution in [0.15, 0.2) is 54.6 Å². The van der Waals surface area contributed by atoms with Gasteiger partial charge < -0.3 is 20.1 Å². The number of nitrogens with zero attached hydrogens (tertiary/aromatic N) is 2. The van der Waals surface area contributed by atoms with Gasteiger partial charge in [0, 0.05) is 39.3 Å². The molecule has 0 spiro atoms. The van der Waals surface area contributed by atoms with Crippen molar-refractivity contribution in [2.45, 2.75) is 26.0 Å². The lowest BCUT2D eigenvalue weighted by Gasteiger charge is -2.34. The normalized spacial score (nSPS) is 16.6. The molecular weight excluding hydrogens is 362 g/mol. The number of aliphatic hydroxyl groups excluding tert-OH is 1. The van der Waals surface area contributed by atoms with Crippen LogP contribution >= 0.6 is 0 Å². The Balaban J connectivity index is 1.34. The molecule has 3 rings (SSSR count). The number of rotatable bonds is 11. The van der Waals surface area contributed by atoms with Crippen LogP contribution in [0.1, 0.15) is 18.1 Å². The van der Waals surface area contributed by atoms with Gasteiger partial charge in [0.1, 0.15) is 18.5 Å². The lowest BCUT2D eigenvalue weighted by Crippen LogP contribution is -2.49. The van der Waals surface area contributed by atoms with Gasteiger partial charge in [-0.15, -0.1) is 0 Å². The fraction of sp³-hybridized carbons (Fsp3) is 0.500. The molecule has 2 N–H and O–H groups in total. The third-order valence-electron chi connectivity index (χ3n) is 5.48. The van der Waals surface area contributed by atoms with E-state index < -0.39 is 6.10 Å². The minimum absolute atomic E-state index is 0.332. The average molecular weight is 398 g/mol. The summed E-state index contributed by atoms with van der Waals surface area (Å²) in [6.45, 7) is 10.3. The first-order valence-corrected chi connectivity index (χ1v) is 10.8. The third kappa shape index (κ3) is 7.78. The molecule has 0 bridgehead atoms. The molecule has 0 amide bonds. The highest BCUT2D eigenvalue weighted by molar-refractivity contribution is 5.28. The predicted octanol–water partition coefficient (Wildman–Crippen LogP) is 2.40. The molecule has 1 saturated heterocycles. The van der Waals surface area contributed by atoms with Gasteiger partial charge in [-0.25, -0.2) is 0 Å². The second-order valence-corrected chi connectivity index (χ2v) is 7.76. The molecular formula is C24H35N3O2. The zero-order valence-electron chi connectivity index (χ0n) is 17.6. The van der Waals surface area contributed by atoms with Crippen LogP contribution in [0.4, 0.5) is 0 Å². The smallest absolute Gasteiger partial charge is 0.119 e. The Morgan fingerprint density at radius 2 is 1.69 bits per heavy atom. The van der Waals surface area contributed by atoms with E-state index in [0.717, 1.165) is 58.0 Å². The third-order valence-corrected chi connectivity index (χ3v) is 5.48. The first kappa shape index (κ1) is 21.8. The molecule has 29 heavy (non-hydrogen) atoms. The van der Waals surface area contributed by atoms with E-state index in [4.69, 9.17) is 4.74 Å². The Morgan fingerprint density at radius 3 is 2.45 bits per heavy atom. The molecule has 5 nitrogen and oxygen atoms in total. The Bertz CT molecular complexity index is 702. The van der Waals surface area contributed by atoms with E-state index in [9.17, 15) is 5.11 Å². The molecule has 1 aliphatic rings. The van der Waals surface area contributed by atoms with Crippen LogP contribution in [-0.4, -0.2) is 73.4 Å². The molecule has 2 aromatic carbocycles. The first-order chi connectivity index (χ1) is 14.2. The highest BCUT2D eigenvalue weighted by atomic mass is 16.5. The van der Waals surface area contributed by atoms with Gasteiger partial charge in [0.05, 0.1) is 0 Å². The Morgan fingerprint density at radius 1 is 0.966 bits per heavy atom. The molecule has 5 heteroatoms. The van der Waals surface area contributed by atoms with Gasteiger partial charge in [-0.2, -0.15) is 0 Å². The molecule has 0 radical (unpaired) electrons. The highest BCUT2D eigenvalue weighted by Gasteiger charge is 2.18. The van der Waals surface area contributed by atoms with E-state index in [-0.39, 0.29) is 0 Å². The SMILES string of the molecule is CCN1CCN(C[C@@H](O)COc2cccc(CNCCc3ccccc3)c2)CC1. The summed E-state index contributed by atoms with van der Waals surface area (Å²) in [5.41, 5.74) is 2.54. The molecule has 0 saturated carbocycles. The largest absolute Gasteiger partial charge is 0.491 e. The summed E-state index contributed by atoms with van der Waals surface area (Å²) >= 11 is 0. The summed E-state index contributed by atoms with van der Waals surface area (Å²) in [6.07, 6.45) is 0.561. The van der Waals surface area contributed by atoms with Crippen molar-refractivity contribution in [2.75, 3.05) is 52.4 Å².